The SMILES string of the molecule is O=C(O)C(F)(F)C(F)(F)C(F)(Cl)Cl. The Morgan fingerprint density at radius 2 is 1.38 bits per heavy atom. The van der Waals surface area contributed by atoms with Gasteiger partial charge in [-0.05, 0) is 0 Å². The third kappa shape index (κ3) is 1.96. The lowest BCUT2D eigenvalue weighted by atomic mass is 10.2. The van der Waals surface area contributed by atoms with Crippen molar-refractivity contribution in [1.82, 2.24) is 0 Å². The van der Waals surface area contributed by atoms with Crippen LogP contribution < -0.4 is 0 Å². The van der Waals surface area contributed by atoms with Gasteiger partial charge in [-0.3, -0.25) is 0 Å². The fraction of sp³-hybridized carbons (Fsp3) is 0.750. The summed E-state index contributed by atoms with van der Waals surface area (Å²) in [6.45, 7) is 0. The number of halogens is 7. The summed E-state index contributed by atoms with van der Waals surface area (Å²) < 4.78 is 55.9. The first-order chi connectivity index (χ1) is 5.44. The topological polar surface area (TPSA) is 37.3 Å². The van der Waals surface area contributed by atoms with Gasteiger partial charge in [0.1, 0.15) is 0 Å². The zero-order chi connectivity index (χ0) is 11.1. The van der Waals surface area contributed by atoms with Crippen molar-refractivity contribution < 1.29 is 31.9 Å². The lowest BCUT2D eigenvalue weighted by Gasteiger charge is -2.26. The first-order valence-electron chi connectivity index (χ1n) is 2.50. The highest BCUT2D eigenvalue weighted by Crippen LogP contribution is 2.49. The Hall–Kier alpha value is -0.300. The molecular weight excluding hydrogens is 246 g/mol. The van der Waals surface area contributed by atoms with Crippen molar-refractivity contribution in [2.45, 2.75) is 16.4 Å². The summed E-state index contributed by atoms with van der Waals surface area (Å²) in [6, 6.07) is 0. The summed E-state index contributed by atoms with van der Waals surface area (Å²) in [7, 11) is 0. The number of carboxylic acid groups (broad SMARTS) is 1. The maximum absolute atomic E-state index is 12.2. The van der Waals surface area contributed by atoms with Gasteiger partial charge in [0.15, 0.2) is 0 Å². The molecule has 0 aliphatic heterocycles. The van der Waals surface area contributed by atoms with E-state index in [0.717, 1.165) is 0 Å². The predicted molar refractivity (Wildman–Crippen MR) is 33.1 cm³/mol. The molecule has 0 aromatic rings. The molecule has 1 N–H and O–H groups in total. The highest BCUT2D eigenvalue weighted by atomic mass is 35.5. The molecule has 9 heteroatoms. The highest BCUT2D eigenvalue weighted by molar-refractivity contribution is 6.48. The van der Waals surface area contributed by atoms with Crippen LogP contribution in [0.3, 0.4) is 0 Å². The van der Waals surface area contributed by atoms with Gasteiger partial charge in [0.2, 0.25) is 0 Å². The van der Waals surface area contributed by atoms with Crippen molar-refractivity contribution >= 4 is 29.2 Å². The molecule has 0 atom stereocenters. The zero-order valence-electron chi connectivity index (χ0n) is 5.50. The molecule has 78 valence electrons. The molecule has 0 unspecified atom stereocenters. The molecule has 0 saturated heterocycles. The molecule has 0 aromatic heterocycles. The lowest BCUT2D eigenvalue weighted by molar-refractivity contribution is -0.239. The maximum atomic E-state index is 12.2. The third-order valence-electron chi connectivity index (χ3n) is 1.02. The molecule has 0 aliphatic rings. The summed E-state index contributed by atoms with van der Waals surface area (Å²) in [5.74, 6) is -14.6. The minimum absolute atomic E-state index is 3.22. The van der Waals surface area contributed by atoms with Gasteiger partial charge in [-0.1, -0.05) is 23.2 Å². The van der Waals surface area contributed by atoms with E-state index in [9.17, 15) is 26.7 Å². The van der Waals surface area contributed by atoms with Gasteiger partial charge in [0.05, 0.1) is 0 Å². The number of hydrogen-bond donors (Lipinski definition) is 1. The van der Waals surface area contributed by atoms with E-state index in [0.29, 0.717) is 0 Å². The second-order valence-electron chi connectivity index (χ2n) is 1.95. The molecule has 0 aliphatic carbocycles. The molecule has 0 bridgehead atoms. The first kappa shape index (κ1) is 12.7. The first-order valence-corrected chi connectivity index (χ1v) is 3.26. The summed E-state index contributed by atoms with van der Waals surface area (Å²) in [6.07, 6.45) is 0. The average molecular weight is 247 g/mol. The average Bonchev–Trinajstić information content (AvgIpc) is 1.84. The van der Waals surface area contributed by atoms with Crippen LogP contribution in [-0.2, 0) is 4.79 Å². The minimum Gasteiger partial charge on any atom is -0.477 e. The van der Waals surface area contributed by atoms with E-state index < -0.39 is 22.4 Å². The van der Waals surface area contributed by atoms with Crippen LogP contribution in [0.1, 0.15) is 0 Å². The van der Waals surface area contributed by atoms with Gasteiger partial charge in [-0.15, -0.1) is 0 Å². The Labute approximate surface area is 78.2 Å². The van der Waals surface area contributed by atoms with Crippen LogP contribution in [0.5, 0.6) is 0 Å². The van der Waals surface area contributed by atoms with Crippen LogP contribution in [0, 0.1) is 0 Å². The fourth-order valence-electron chi connectivity index (χ4n) is 0.312. The van der Waals surface area contributed by atoms with Crippen molar-refractivity contribution in [2.24, 2.45) is 0 Å². The van der Waals surface area contributed by atoms with Crippen LogP contribution in [0.25, 0.3) is 0 Å². The van der Waals surface area contributed by atoms with Crippen LogP contribution in [0.15, 0.2) is 0 Å². The Bertz CT molecular complexity index is 223. The largest absolute Gasteiger partial charge is 0.477 e. The van der Waals surface area contributed by atoms with Crippen molar-refractivity contribution in [3.8, 4) is 0 Å². The Balaban J connectivity index is 5.16. The van der Waals surface area contributed by atoms with Gasteiger partial charge < -0.3 is 5.11 Å². The Kier molecular flexibility index (Phi) is 3.05. The maximum Gasteiger partial charge on any atom is 0.410 e. The van der Waals surface area contributed by atoms with E-state index in [1.807, 2.05) is 0 Å². The van der Waals surface area contributed by atoms with Crippen LogP contribution in [0.4, 0.5) is 22.0 Å². The van der Waals surface area contributed by atoms with Gasteiger partial charge in [0, 0.05) is 0 Å². The normalized spacial score (nSPS) is 14.4. The van der Waals surface area contributed by atoms with E-state index in [4.69, 9.17) is 5.11 Å². The molecule has 0 rings (SSSR count). The number of rotatable bonds is 3. The fourth-order valence-corrected chi connectivity index (χ4v) is 0.550. The molecule has 0 fully saturated rings. The second kappa shape index (κ2) is 3.13. The van der Waals surface area contributed by atoms with Gasteiger partial charge in [-0.25, -0.2) is 9.18 Å². The molecule has 0 spiro atoms. The van der Waals surface area contributed by atoms with Crippen LogP contribution in [0.2, 0.25) is 0 Å². The molecule has 2 nitrogen and oxygen atoms in total. The minimum atomic E-state index is -5.71. The molecule has 0 heterocycles. The Morgan fingerprint density at radius 3 is 1.46 bits per heavy atom. The van der Waals surface area contributed by atoms with Gasteiger partial charge >= 0.3 is 22.4 Å². The number of aliphatic carboxylic acids is 1. The van der Waals surface area contributed by atoms with E-state index in [1.165, 1.54) is 0 Å². The number of alkyl halides is 7. The van der Waals surface area contributed by atoms with Gasteiger partial charge in [-0.2, -0.15) is 17.6 Å². The number of carboxylic acids is 1. The van der Waals surface area contributed by atoms with E-state index >= 15 is 0 Å². The molecule has 0 saturated carbocycles. The van der Waals surface area contributed by atoms with E-state index in [-0.39, 0.29) is 0 Å². The quantitative estimate of drug-likeness (QED) is 0.614. The summed E-state index contributed by atoms with van der Waals surface area (Å²) in [4.78, 5) is 9.60. The predicted octanol–water partition coefficient (Wildman–Crippen LogP) is 2.44. The summed E-state index contributed by atoms with van der Waals surface area (Å²) in [5.41, 5.74) is 0. The monoisotopic (exact) mass is 246 g/mol. The highest BCUT2D eigenvalue weighted by Gasteiger charge is 2.73. The van der Waals surface area contributed by atoms with Crippen molar-refractivity contribution in [3.05, 3.63) is 0 Å². The lowest BCUT2D eigenvalue weighted by Crippen LogP contribution is -2.55. The summed E-state index contributed by atoms with van der Waals surface area (Å²) in [5, 5.41) is 7.63. The van der Waals surface area contributed by atoms with Crippen LogP contribution in [-0.4, -0.2) is 27.5 Å². The molecule has 0 aromatic carbocycles. The number of hydrogen-bond acceptors (Lipinski definition) is 1. The smallest absolute Gasteiger partial charge is 0.410 e. The summed E-state index contributed by atoms with van der Waals surface area (Å²) >= 11 is 8.12. The molecule has 0 amide bonds. The Morgan fingerprint density at radius 1 is 1.08 bits per heavy atom. The van der Waals surface area contributed by atoms with E-state index in [2.05, 4.69) is 23.2 Å². The molecule has 13 heavy (non-hydrogen) atoms. The standard InChI is InChI=1S/C4HCl2F5O2/c5-4(6,11)3(9,10)2(7,8)1(12)13/h(H,12,13). The van der Waals surface area contributed by atoms with E-state index in [1.54, 1.807) is 0 Å². The zero-order valence-corrected chi connectivity index (χ0v) is 7.01. The van der Waals surface area contributed by atoms with Crippen molar-refractivity contribution in [2.75, 3.05) is 0 Å². The molecular formula is C4HCl2F5O2. The van der Waals surface area contributed by atoms with Crippen molar-refractivity contribution in [1.29, 1.82) is 0 Å². The number of carbonyl (C=O) groups is 1. The van der Waals surface area contributed by atoms with Gasteiger partial charge in [0.25, 0.3) is 0 Å². The molecule has 0 radical (unpaired) electrons. The third-order valence-corrected chi connectivity index (χ3v) is 1.49. The van der Waals surface area contributed by atoms with Crippen molar-refractivity contribution in [3.63, 3.8) is 0 Å². The second-order valence-corrected chi connectivity index (χ2v) is 3.19. The van der Waals surface area contributed by atoms with Crippen LogP contribution >= 0.6 is 23.2 Å².